The third-order valence-corrected chi connectivity index (χ3v) is 3.98. The Balaban J connectivity index is 2.06. The number of nitrogens with one attached hydrogen (secondary N) is 1. The van der Waals surface area contributed by atoms with E-state index >= 15 is 0 Å². The van der Waals surface area contributed by atoms with Crippen molar-refractivity contribution in [2.24, 2.45) is 7.05 Å². The molecule has 0 saturated carbocycles. The summed E-state index contributed by atoms with van der Waals surface area (Å²) < 4.78 is 2.07. The molecule has 1 unspecified atom stereocenters. The first-order chi connectivity index (χ1) is 10.0. The lowest BCUT2D eigenvalue weighted by Crippen LogP contribution is -2.32. The zero-order chi connectivity index (χ0) is 15.4. The molecule has 1 atom stereocenters. The van der Waals surface area contributed by atoms with E-state index in [4.69, 9.17) is 0 Å². The van der Waals surface area contributed by atoms with E-state index in [2.05, 4.69) is 58.9 Å². The van der Waals surface area contributed by atoms with Crippen molar-refractivity contribution in [2.45, 2.75) is 26.4 Å². The summed E-state index contributed by atoms with van der Waals surface area (Å²) in [5, 5.41) is 3.43. The molecular formula is C17H26N4. The third kappa shape index (κ3) is 3.93. The first-order valence-corrected chi connectivity index (χ1v) is 7.40. The van der Waals surface area contributed by atoms with Crippen LogP contribution in [-0.2, 0) is 13.6 Å². The quantitative estimate of drug-likeness (QED) is 0.885. The van der Waals surface area contributed by atoms with Crippen LogP contribution in [0, 0.1) is 13.8 Å². The molecule has 4 heteroatoms. The lowest BCUT2D eigenvalue weighted by molar-refractivity contribution is 0.280. The van der Waals surface area contributed by atoms with E-state index in [9.17, 15) is 0 Å². The van der Waals surface area contributed by atoms with Gasteiger partial charge < -0.3 is 9.88 Å². The zero-order valence-corrected chi connectivity index (χ0v) is 13.7. The Labute approximate surface area is 127 Å². The number of benzene rings is 1. The predicted molar refractivity (Wildman–Crippen MR) is 87.3 cm³/mol. The van der Waals surface area contributed by atoms with Crippen LogP contribution in [0.4, 0.5) is 0 Å². The Kier molecular flexibility index (Phi) is 5.15. The highest BCUT2D eigenvalue weighted by Gasteiger charge is 2.15. The van der Waals surface area contributed by atoms with Crippen molar-refractivity contribution < 1.29 is 0 Å². The fourth-order valence-corrected chi connectivity index (χ4v) is 2.73. The maximum Gasteiger partial charge on any atom is 0.122 e. The molecule has 2 aromatic rings. The van der Waals surface area contributed by atoms with E-state index in [1.165, 1.54) is 16.7 Å². The first kappa shape index (κ1) is 15.7. The van der Waals surface area contributed by atoms with E-state index in [1.807, 2.05) is 26.5 Å². The molecule has 0 aliphatic rings. The van der Waals surface area contributed by atoms with E-state index in [0.717, 1.165) is 18.9 Å². The zero-order valence-electron chi connectivity index (χ0n) is 13.7. The second-order valence-electron chi connectivity index (χ2n) is 5.85. The molecule has 1 aromatic carbocycles. The molecule has 0 aliphatic carbocycles. The van der Waals surface area contributed by atoms with Crippen LogP contribution in [0.3, 0.4) is 0 Å². The molecule has 1 N–H and O–H groups in total. The van der Waals surface area contributed by atoms with Gasteiger partial charge in [-0.1, -0.05) is 23.8 Å². The van der Waals surface area contributed by atoms with Crippen LogP contribution in [0.5, 0.6) is 0 Å². The van der Waals surface area contributed by atoms with Gasteiger partial charge in [-0.15, -0.1) is 0 Å². The Hall–Kier alpha value is -1.65. The average molecular weight is 286 g/mol. The summed E-state index contributed by atoms with van der Waals surface area (Å²) in [6, 6.07) is 7.00. The van der Waals surface area contributed by atoms with Crippen LogP contribution >= 0.6 is 0 Å². The van der Waals surface area contributed by atoms with Gasteiger partial charge in [0.25, 0.3) is 0 Å². The van der Waals surface area contributed by atoms with E-state index in [1.54, 1.807) is 0 Å². The highest BCUT2D eigenvalue weighted by Crippen LogP contribution is 2.20. The van der Waals surface area contributed by atoms with Gasteiger partial charge in [0.2, 0.25) is 0 Å². The van der Waals surface area contributed by atoms with Gasteiger partial charge in [0.15, 0.2) is 0 Å². The molecule has 0 bridgehead atoms. The van der Waals surface area contributed by atoms with Crippen LogP contribution < -0.4 is 5.32 Å². The van der Waals surface area contributed by atoms with Crippen molar-refractivity contribution >= 4 is 0 Å². The van der Waals surface area contributed by atoms with Crippen molar-refractivity contribution in [1.29, 1.82) is 0 Å². The molecule has 4 nitrogen and oxygen atoms in total. The number of aromatic nitrogens is 2. The SMILES string of the molecule is CNC(CN(C)Cc1nccn1C)c1ccc(C)cc1C. The summed E-state index contributed by atoms with van der Waals surface area (Å²) in [6.45, 7) is 6.13. The summed E-state index contributed by atoms with van der Waals surface area (Å²) in [5.41, 5.74) is 4.03. The normalized spacial score (nSPS) is 12.9. The molecular weight excluding hydrogens is 260 g/mol. The Morgan fingerprint density at radius 2 is 2.10 bits per heavy atom. The van der Waals surface area contributed by atoms with Crippen molar-refractivity contribution in [3.05, 3.63) is 53.1 Å². The standard InChI is InChI=1S/C17H26N4/c1-13-6-7-15(14(2)10-13)16(18-3)11-20(4)12-17-19-8-9-21(17)5/h6-10,16,18H,11-12H2,1-5H3. The molecule has 21 heavy (non-hydrogen) atoms. The van der Waals surface area contributed by atoms with E-state index in [0.29, 0.717) is 6.04 Å². The average Bonchev–Trinajstić information content (AvgIpc) is 2.82. The fraction of sp³-hybridized carbons (Fsp3) is 0.471. The Morgan fingerprint density at radius 1 is 1.33 bits per heavy atom. The molecule has 0 fully saturated rings. The lowest BCUT2D eigenvalue weighted by Gasteiger charge is -2.25. The molecule has 0 aliphatic heterocycles. The summed E-state index contributed by atoms with van der Waals surface area (Å²) in [6.07, 6.45) is 3.84. The minimum atomic E-state index is 0.330. The highest BCUT2D eigenvalue weighted by molar-refractivity contribution is 5.33. The predicted octanol–water partition coefficient (Wildman–Crippen LogP) is 2.43. The molecule has 0 radical (unpaired) electrons. The minimum Gasteiger partial charge on any atom is -0.337 e. The second kappa shape index (κ2) is 6.87. The molecule has 1 aromatic heterocycles. The summed E-state index contributed by atoms with van der Waals surface area (Å²) >= 11 is 0. The number of hydrogen-bond acceptors (Lipinski definition) is 3. The highest BCUT2D eigenvalue weighted by atomic mass is 15.2. The molecule has 114 valence electrons. The largest absolute Gasteiger partial charge is 0.337 e. The van der Waals surface area contributed by atoms with Crippen LogP contribution in [0.15, 0.2) is 30.6 Å². The smallest absolute Gasteiger partial charge is 0.122 e. The van der Waals surface area contributed by atoms with Crippen molar-refractivity contribution in [2.75, 3.05) is 20.6 Å². The van der Waals surface area contributed by atoms with Gasteiger partial charge in [-0.2, -0.15) is 0 Å². The fourth-order valence-electron chi connectivity index (χ4n) is 2.73. The first-order valence-electron chi connectivity index (χ1n) is 7.40. The second-order valence-corrected chi connectivity index (χ2v) is 5.85. The maximum atomic E-state index is 4.39. The van der Waals surface area contributed by atoms with Gasteiger partial charge >= 0.3 is 0 Å². The van der Waals surface area contributed by atoms with Crippen LogP contribution in [0.2, 0.25) is 0 Å². The van der Waals surface area contributed by atoms with Crippen LogP contribution in [0.1, 0.15) is 28.6 Å². The van der Waals surface area contributed by atoms with E-state index in [-0.39, 0.29) is 0 Å². The van der Waals surface area contributed by atoms with Gasteiger partial charge in [0.05, 0.1) is 6.54 Å². The van der Waals surface area contributed by atoms with Gasteiger partial charge in [0, 0.05) is 32.0 Å². The van der Waals surface area contributed by atoms with Gasteiger partial charge in [0.1, 0.15) is 5.82 Å². The minimum absolute atomic E-state index is 0.330. The number of imidazole rings is 1. The number of rotatable bonds is 6. The maximum absolute atomic E-state index is 4.39. The number of likely N-dealkylation sites (N-methyl/N-ethyl adjacent to an activating group) is 2. The summed E-state index contributed by atoms with van der Waals surface area (Å²) in [4.78, 5) is 6.70. The Morgan fingerprint density at radius 3 is 2.67 bits per heavy atom. The monoisotopic (exact) mass is 286 g/mol. The molecule has 0 saturated heterocycles. The topological polar surface area (TPSA) is 33.1 Å². The van der Waals surface area contributed by atoms with E-state index < -0.39 is 0 Å². The third-order valence-electron chi connectivity index (χ3n) is 3.98. The Bertz CT molecular complexity index is 588. The van der Waals surface area contributed by atoms with Crippen molar-refractivity contribution in [3.63, 3.8) is 0 Å². The number of nitrogens with zero attached hydrogens (tertiary/aromatic N) is 3. The number of aryl methyl sites for hydroxylation is 3. The van der Waals surface area contributed by atoms with Crippen molar-refractivity contribution in [3.8, 4) is 0 Å². The van der Waals surface area contributed by atoms with Gasteiger partial charge in [-0.3, -0.25) is 4.90 Å². The number of hydrogen-bond donors (Lipinski definition) is 1. The summed E-state index contributed by atoms with van der Waals surface area (Å²) in [5.74, 6) is 1.09. The molecule has 0 spiro atoms. The van der Waals surface area contributed by atoms with Gasteiger partial charge in [-0.05, 0) is 39.1 Å². The molecule has 0 amide bonds. The van der Waals surface area contributed by atoms with Crippen molar-refractivity contribution in [1.82, 2.24) is 19.8 Å². The van der Waals surface area contributed by atoms with Crippen LogP contribution in [0.25, 0.3) is 0 Å². The molecule has 2 rings (SSSR count). The van der Waals surface area contributed by atoms with Gasteiger partial charge in [-0.25, -0.2) is 4.98 Å². The van der Waals surface area contributed by atoms with Crippen LogP contribution in [-0.4, -0.2) is 35.1 Å². The lowest BCUT2D eigenvalue weighted by atomic mass is 9.99. The summed E-state index contributed by atoms with van der Waals surface area (Å²) in [7, 11) is 6.21. The molecule has 1 heterocycles.